The fraction of sp³-hybridized carbons (Fsp3) is 0.600. The van der Waals surface area contributed by atoms with Crippen LogP contribution in [0.5, 0.6) is 0 Å². The van der Waals surface area contributed by atoms with E-state index in [2.05, 4.69) is 60.4 Å². The lowest BCUT2D eigenvalue weighted by Gasteiger charge is -2.27. The quantitative estimate of drug-likeness (QED) is 0.435. The van der Waals surface area contributed by atoms with Gasteiger partial charge in [0.25, 0.3) is 0 Å². The van der Waals surface area contributed by atoms with Crippen LogP contribution in [0.1, 0.15) is 95.2 Å². The largest absolute Gasteiger partial charge is 0.155 e. The Hall–Kier alpha value is -1.70. The summed E-state index contributed by atoms with van der Waals surface area (Å²) in [6.45, 7) is 4.55. The number of unbranched alkanes of at least 4 members (excludes halogenated alkanes) is 3. The average Bonchev–Trinajstić information content (AvgIpc) is 2.73. The zero-order valence-electron chi connectivity index (χ0n) is 17.3. The summed E-state index contributed by atoms with van der Waals surface area (Å²) >= 11 is 0. The predicted molar refractivity (Wildman–Crippen MR) is 115 cm³/mol. The van der Waals surface area contributed by atoms with Crippen molar-refractivity contribution in [1.82, 2.24) is 10.2 Å². The van der Waals surface area contributed by atoms with Gasteiger partial charge in [-0.05, 0) is 62.1 Å². The molecule has 1 heterocycles. The standard InChI is InChI=1S/C25H36N2/c1-3-5-7-9-21-12-16-23(17-13-21)25-19-18-24(26-27-25)22-14-10-20(11-15-22)8-6-4-2/h12-13,16-20,22H,3-11,14-15H2,1-2H3. The van der Waals surface area contributed by atoms with Gasteiger partial charge >= 0.3 is 0 Å². The van der Waals surface area contributed by atoms with Crippen LogP contribution < -0.4 is 0 Å². The van der Waals surface area contributed by atoms with E-state index in [9.17, 15) is 0 Å². The first-order valence-corrected chi connectivity index (χ1v) is 11.2. The van der Waals surface area contributed by atoms with Gasteiger partial charge in [0.2, 0.25) is 0 Å². The molecule has 2 nitrogen and oxygen atoms in total. The molecule has 2 aromatic rings. The van der Waals surface area contributed by atoms with E-state index in [1.807, 2.05) is 0 Å². The third kappa shape index (κ3) is 5.89. The van der Waals surface area contributed by atoms with E-state index < -0.39 is 0 Å². The zero-order chi connectivity index (χ0) is 18.9. The van der Waals surface area contributed by atoms with Crippen molar-refractivity contribution in [3.8, 4) is 11.3 Å². The maximum absolute atomic E-state index is 4.60. The van der Waals surface area contributed by atoms with Crippen molar-refractivity contribution in [2.24, 2.45) is 5.92 Å². The topological polar surface area (TPSA) is 25.8 Å². The molecule has 0 saturated heterocycles. The van der Waals surface area contributed by atoms with Crippen LogP contribution in [0.25, 0.3) is 11.3 Å². The molecule has 0 unspecified atom stereocenters. The van der Waals surface area contributed by atoms with Crippen molar-refractivity contribution in [2.75, 3.05) is 0 Å². The third-order valence-electron chi connectivity index (χ3n) is 6.23. The van der Waals surface area contributed by atoms with Gasteiger partial charge in [-0.1, -0.05) is 70.2 Å². The van der Waals surface area contributed by atoms with Gasteiger partial charge in [0, 0.05) is 11.5 Å². The minimum Gasteiger partial charge on any atom is -0.155 e. The first-order chi connectivity index (χ1) is 13.3. The molecular weight excluding hydrogens is 328 g/mol. The monoisotopic (exact) mass is 364 g/mol. The molecule has 0 aliphatic heterocycles. The molecule has 0 atom stereocenters. The van der Waals surface area contributed by atoms with Crippen LogP contribution in [-0.2, 0) is 6.42 Å². The smallest absolute Gasteiger partial charge is 0.0929 e. The molecule has 27 heavy (non-hydrogen) atoms. The van der Waals surface area contributed by atoms with Gasteiger partial charge in [0.1, 0.15) is 0 Å². The minimum absolute atomic E-state index is 0.616. The Bertz CT molecular complexity index is 652. The van der Waals surface area contributed by atoms with Crippen LogP contribution in [0.2, 0.25) is 0 Å². The average molecular weight is 365 g/mol. The second-order valence-corrected chi connectivity index (χ2v) is 8.36. The van der Waals surface area contributed by atoms with Crippen LogP contribution in [0, 0.1) is 5.92 Å². The van der Waals surface area contributed by atoms with Gasteiger partial charge in [-0.25, -0.2) is 0 Å². The molecule has 0 bridgehead atoms. The van der Waals surface area contributed by atoms with Crippen LogP contribution in [0.3, 0.4) is 0 Å². The first kappa shape index (κ1) is 20.0. The molecule has 1 aliphatic rings. The Morgan fingerprint density at radius 1 is 0.778 bits per heavy atom. The van der Waals surface area contributed by atoms with Crippen molar-refractivity contribution in [1.29, 1.82) is 0 Å². The predicted octanol–water partition coefficient (Wildman–Crippen LogP) is 7.34. The van der Waals surface area contributed by atoms with Crippen LogP contribution >= 0.6 is 0 Å². The molecular formula is C25H36N2. The fourth-order valence-electron chi connectivity index (χ4n) is 4.38. The zero-order valence-corrected chi connectivity index (χ0v) is 17.3. The number of benzene rings is 1. The lowest BCUT2D eigenvalue weighted by Crippen LogP contribution is -2.14. The van der Waals surface area contributed by atoms with E-state index in [0.29, 0.717) is 5.92 Å². The minimum atomic E-state index is 0.616. The van der Waals surface area contributed by atoms with Crippen molar-refractivity contribution < 1.29 is 0 Å². The molecule has 2 heteroatoms. The van der Waals surface area contributed by atoms with Crippen LogP contribution in [0.4, 0.5) is 0 Å². The first-order valence-electron chi connectivity index (χ1n) is 11.2. The number of aromatic nitrogens is 2. The Morgan fingerprint density at radius 3 is 2.15 bits per heavy atom. The summed E-state index contributed by atoms with van der Waals surface area (Å²) < 4.78 is 0. The lowest BCUT2D eigenvalue weighted by atomic mass is 9.78. The van der Waals surface area contributed by atoms with E-state index >= 15 is 0 Å². The van der Waals surface area contributed by atoms with Crippen molar-refractivity contribution >= 4 is 0 Å². The molecule has 0 amide bonds. The van der Waals surface area contributed by atoms with E-state index in [-0.39, 0.29) is 0 Å². The van der Waals surface area contributed by atoms with Crippen molar-refractivity contribution in [3.05, 3.63) is 47.7 Å². The van der Waals surface area contributed by atoms with Crippen LogP contribution in [-0.4, -0.2) is 10.2 Å². The summed E-state index contributed by atoms with van der Waals surface area (Å²) in [5.41, 5.74) is 4.80. The summed E-state index contributed by atoms with van der Waals surface area (Å²) in [5.74, 6) is 1.56. The fourth-order valence-corrected chi connectivity index (χ4v) is 4.38. The van der Waals surface area contributed by atoms with Gasteiger partial charge in [-0.15, -0.1) is 0 Å². The lowest BCUT2D eigenvalue weighted by molar-refractivity contribution is 0.301. The maximum atomic E-state index is 4.60. The SMILES string of the molecule is CCCCCc1ccc(-c2ccc(C3CCC(CCCC)CC3)nn2)cc1. The number of hydrogen-bond donors (Lipinski definition) is 0. The summed E-state index contributed by atoms with van der Waals surface area (Å²) in [4.78, 5) is 0. The second-order valence-electron chi connectivity index (χ2n) is 8.36. The molecule has 146 valence electrons. The maximum Gasteiger partial charge on any atom is 0.0929 e. The number of aryl methyl sites for hydroxylation is 1. The molecule has 3 rings (SSSR count). The van der Waals surface area contributed by atoms with E-state index in [4.69, 9.17) is 0 Å². The Labute approximate surface area is 165 Å². The van der Waals surface area contributed by atoms with Gasteiger partial charge in [-0.2, -0.15) is 10.2 Å². The highest BCUT2D eigenvalue weighted by Gasteiger charge is 2.23. The highest BCUT2D eigenvalue weighted by atomic mass is 15.1. The number of hydrogen-bond acceptors (Lipinski definition) is 2. The second kappa shape index (κ2) is 10.6. The normalized spacial score (nSPS) is 19.9. The van der Waals surface area contributed by atoms with Crippen LogP contribution in [0.15, 0.2) is 36.4 Å². The van der Waals surface area contributed by atoms with E-state index in [1.54, 1.807) is 0 Å². The van der Waals surface area contributed by atoms with E-state index in [1.165, 1.54) is 87.4 Å². The number of rotatable bonds is 9. The Balaban J connectivity index is 1.54. The molecule has 1 aromatic carbocycles. The van der Waals surface area contributed by atoms with Gasteiger partial charge < -0.3 is 0 Å². The molecule has 1 aliphatic carbocycles. The summed E-state index contributed by atoms with van der Waals surface area (Å²) in [5, 5.41) is 9.15. The third-order valence-corrected chi connectivity index (χ3v) is 6.23. The summed E-state index contributed by atoms with van der Waals surface area (Å²) in [6.07, 6.45) is 14.5. The van der Waals surface area contributed by atoms with Gasteiger partial charge in [0.15, 0.2) is 0 Å². The summed E-state index contributed by atoms with van der Waals surface area (Å²) in [7, 11) is 0. The summed E-state index contributed by atoms with van der Waals surface area (Å²) in [6, 6.07) is 13.3. The molecule has 1 saturated carbocycles. The van der Waals surface area contributed by atoms with Gasteiger partial charge in [0.05, 0.1) is 11.4 Å². The molecule has 1 fully saturated rings. The molecule has 0 N–H and O–H groups in total. The highest BCUT2D eigenvalue weighted by molar-refractivity contribution is 5.58. The van der Waals surface area contributed by atoms with Crippen molar-refractivity contribution in [3.63, 3.8) is 0 Å². The Morgan fingerprint density at radius 2 is 1.52 bits per heavy atom. The van der Waals surface area contributed by atoms with Gasteiger partial charge in [-0.3, -0.25) is 0 Å². The molecule has 0 spiro atoms. The Kier molecular flexibility index (Phi) is 7.86. The highest BCUT2D eigenvalue weighted by Crippen LogP contribution is 2.37. The molecule has 0 radical (unpaired) electrons. The number of nitrogens with zero attached hydrogens (tertiary/aromatic N) is 2. The molecule has 1 aromatic heterocycles. The van der Waals surface area contributed by atoms with E-state index in [0.717, 1.165) is 11.6 Å². The van der Waals surface area contributed by atoms with Crippen molar-refractivity contribution in [2.45, 2.75) is 90.4 Å².